The van der Waals surface area contributed by atoms with E-state index in [1.54, 1.807) is 13.8 Å². The van der Waals surface area contributed by atoms with Crippen LogP contribution in [0.1, 0.15) is 36.3 Å². The fourth-order valence-corrected chi connectivity index (χ4v) is 4.04. The van der Waals surface area contributed by atoms with Crippen molar-refractivity contribution in [2.75, 3.05) is 0 Å². The molecule has 2 heterocycles. The van der Waals surface area contributed by atoms with Crippen molar-refractivity contribution in [3.63, 3.8) is 0 Å². The number of fused-ring (bicyclic) bond motifs is 1. The number of hydrogen-bond acceptors (Lipinski definition) is 4. The van der Waals surface area contributed by atoms with Gasteiger partial charge >= 0.3 is 5.97 Å². The molecule has 1 atom stereocenters. The number of aliphatic carboxylic acids is 1. The quantitative estimate of drug-likeness (QED) is 0.764. The molecule has 0 radical (unpaired) electrons. The molecule has 0 spiro atoms. The monoisotopic (exact) mass is 356 g/mol. The van der Waals surface area contributed by atoms with Crippen LogP contribution >= 0.6 is 11.3 Å². The summed E-state index contributed by atoms with van der Waals surface area (Å²) in [6.07, 6.45) is 0.326. The number of rotatable bonds is 4. The number of carboxylic acid groups (broad SMARTS) is 1. The number of hydrogen-bond donors (Lipinski definition) is 1. The molecule has 0 aliphatic carbocycles. The molecule has 0 saturated carbocycles. The van der Waals surface area contributed by atoms with Gasteiger partial charge < -0.3 is 5.11 Å². The topological polar surface area (TPSA) is 72.2 Å². The lowest BCUT2D eigenvalue weighted by Gasteiger charge is -2.16. The molecule has 0 saturated heterocycles. The van der Waals surface area contributed by atoms with Gasteiger partial charge in [0, 0.05) is 10.9 Å². The molecule has 130 valence electrons. The van der Waals surface area contributed by atoms with E-state index in [4.69, 9.17) is 0 Å². The van der Waals surface area contributed by atoms with Crippen molar-refractivity contribution in [2.45, 2.75) is 40.2 Å². The van der Waals surface area contributed by atoms with E-state index >= 15 is 0 Å². The zero-order valence-electron chi connectivity index (χ0n) is 14.7. The van der Waals surface area contributed by atoms with E-state index in [1.807, 2.05) is 31.4 Å². The Morgan fingerprint density at radius 2 is 2.00 bits per heavy atom. The first-order valence-corrected chi connectivity index (χ1v) is 9.03. The maximum absolute atomic E-state index is 13.1. The number of aromatic nitrogens is 2. The van der Waals surface area contributed by atoms with Gasteiger partial charge in [-0.25, -0.2) is 9.78 Å². The van der Waals surface area contributed by atoms with Gasteiger partial charge in [0.1, 0.15) is 16.7 Å². The lowest BCUT2D eigenvalue weighted by atomic mass is 10.0. The fourth-order valence-electron chi connectivity index (χ4n) is 3.06. The Hall–Kier alpha value is -2.47. The lowest BCUT2D eigenvalue weighted by Crippen LogP contribution is -2.32. The van der Waals surface area contributed by atoms with Crippen LogP contribution in [0.25, 0.3) is 21.3 Å². The first kappa shape index (κ1) is 17.4. The first-order valence-electron chi connectivity index (χ1n) is 8.16. The fraction of sp³-hybridized carbons (Fsp3) is 0.316. The Balaban J connectivity index is 2.32. The molecular weight excluding hydrogens is 336 g/mol. The first-order chi connectivity index (χ1) is 11.8. The number of benzene rings is 1. The van der Waals surface area contributed by atoms with E-state index in [-0.39, 0.29) is 5.56 Å². The third kappa shape index (κ3) is 2.87. The molecule has 25 heavy (non-hydrogen) atoms. The average Bonchev–Trinajstić information content (AvgIpc) is 2.97. The summed E-state index contributed by atoms with van der Waals surface area (Å²) < 4.78 is 1.31. The van der Waals surface area contributed by atoms with Gasteiger partial charge in [-0.15, -0.1) is 11.3 Å². The van der Waals surface area contributed by atoms with Crippen LogP contribution in [0.15, 0.2) is 28.4 Å². The zero-order valence-corrected chi connectivity index (χ0v) is 15.5. The maximum atomic E-state index is 13.1. The normalized spacial score (nSPS) is 12.5. The molecule has 6 heteroatoms. The highest BCUT2D eigenvalue weighted by molar-refractivity contribution is 7.17. The van der Waals surface area contributed by atoms with Crippen molar-refractivity contribution >= 4 is 27.5 Å². The van der Waals surface area contributed by atoms with Gasteiger partial charge in [0.05, 0.1) is 5.39 Å². The molecule has 0 amide bonds. The largest absolute Gasteiger partial charge is 0.480 e. The number of thiophene rings is 1. The van der Waals surface area contributed by atoms with Crippen LogP contribution < -0.4 is 5.56 Å². The second-order valence-corrected chi connectivity index (χ2v) is 7.08. The summed E-state index contributed by atoms with van der Waals surface area (Å²) in [6.45, 7) is 7.52. The second-order valence-electron chi connectivity index (χ2n) is 6.23. The van der Waals surface area contributed by atoms with Crippen LogP contribution in [0.5, 0.6) is 0 Å². The number of nitrogens with zero attached hydrogens (tertiary/aromatic N) is 2. The summed E-state index contributed by atoms with van der Waals surface area (Å²) in [5.41, 5.74) is 3.81. The van der Waals surface area contributed by atoms with E-state index < -0.39 is 12.0 Å². The van der Waals surface area contributed by atoms with Gasteiger partial charge in [-0.05, 0) is 43.9 Å². The predicted molar refractivity (Wildman–Crippen MR) is 100 cm³/mol. The second kappa shape index (κ2) is 6.44. The summed E-state index contributed by atoms with van der Waals surface area (Å²) in [7, 11) is 0. The summed E-state index contributed by atoms with van der Waals surface area (Å²) in [4.78, 5) is 29.8. The highest BCUT2D eigenvalue weighted by Crippen LogP contribution is 2.32. The van der Waals surface area contributed by atoms with Crippen molar-refractivity contribution in [1.82, 2.24) is 9.55 Å². The minimum atomic E-state index is -1.02. The molecule has 3 aromatic rings. The van der Waals surface area contributed by atoms with E-state index in [2.05, 4.69) is 11.1 Å². The van der Waals surface area contributed by atoms with Crippen LogP contribution in [0.3, 0.4) is 0 Å². The van der Waals surface area contributed by atoms with Gasteiger partial charge in [0.15, 0.2) is 0 Å². The van der Waals surface area contributed by atoms with Gasteiger partial charge in [0.25, 0.3) is 5.56 Å². The minimum Gasteiger partial charge on any atom is -0.480 e. The molecule has 1 aromatic carbocycles. The molecular formula is C19H20N2O3S. The van der Waals surface area contributed by atoms with Crippen LogP contribution in [-0.2, 0) is 4.79 Å². The molecule has 3 rings (SSSR count). The van der Waals surface area contributed by atoms with E-state index in [1.165, 1.54) is 21.5 Å². The number of aryl methyl sites for hydroxylation is 3. The molecule has 5 nitrogen and oxygen atoms in total. The molecule has 0 aliphatic rings. The third-order valence-electron chi connectivity index (χ3n) is 4.62. The van der Waals surface area contributed by atoms with Gasteiger partial charge in [-0.1, -0.05) is 25.1 Å². The van der Waals surface area contributed by atoms with Crippen molar-refractivity contribution in [3.8, 4) is 11.1 Å². The van der Waals surface area contributed by atoms with Gasteiger partial charge in [-0.3, -0.25) is 9.36 Å². The Labute approximate surface area is 149 Å². The maximum Gasteiger partial charge on any atom is 0.326 e. The van der Waals surface area contributed by atoms with E-state index in [0.29, 0.717) is 22.5 Å². The SMILES string of the molecule is CCC(C(=O)O)n1c(C)nc2scc(-c3ccc(C)c(C)c3)c2c1=O. The Morgan fingerprint density at radius 3 is 2.60 bits per heavy atom. The van der Waals surface area contributed by atoms with Crippen molar-refractivity contribution < 1.29 is 9.90 Å². The van der Waals surface area contributed by atoms with Gasteiger partial charge in [0.2, 0.25) is 0 Å². The molecule has 0 fully saturated rings. The average molecular weight is 356 g/mol. The van der Waals surface area contributed by atoms with Crippen LogP contribution in [0, 0.1) is 20.8 Å². The lowest BCUT2D eigenvalue weighted by molar-refractivity contribution is -0.141. The predicted octanol–water partition coefficient (Wildman–Crippen LogP) is 4.09. The molecule has 1 N–H and O–H groups in total. The zero-order chi connectivity index (χ0) is 18.3. The molecule has 0 aliphatic heterocycles. The molecule has 1 unspecified atom stereocenters. The third-order valence-corrected chi connectivity index (χ3v) is 5.49. The summed E-state index contributed by atoms with van der Waals surface area (Å²) in [5.74, 6) is -0.586. The Morgan fingerprint density at radius 1 is 1.28 bits per heavy atom. The van der Waals surface area contributed by atoms with Crippen LogP contribution in [-0.4, -0.2) is 20.6 Å². The van der Waals surface area contributed by atoms with Crippen molar-refractivity contribution in [3.05, 3.63) is 50.9 Å². The molecule has 2 aromatic heterocycles. The van der Waals surface area contributed by atoms with Gasteiger partial charge in [-0.2, -0.15) is 0 Å². The smallest absolute Gasteiger partial charge is 0.326 e. The Bertz CT molecular complexity index is 1030. The van der Waals surface area contributed by atoms with E-state index in [0.717, 1.165) is 16.7 Å². The minimum absolute atomic E-state index is 0.286. The number of carbonyl (C=O) groups is 1. The van der Waals surface area contributed by atoms with Crippen LogP contribution in [0.2, 0.25) is 0 Å². The van der Waals surface area contributed by atoms with Crippen molar-refractivity contribution in [1.29, 1.82) is 0 Å². The summed E-state index contributed by atoms with van der Waals surface area (Å²) >= 11 is 1.41. The summed E-state index contributed by atoms with van der Waals surface area (Å²) in [5, 5.41) is 11.9. The highest BCUT2D eigenvalue weighted by Gasteiger charge is 2.24. The molecule has 0 bridgehead atoms. The summed E-state index contributed by atoms with van der Waals surface area (Å²) in [6, 6.07) is 5.16. The Kier molecular flexibility index (Phi) is 4.47. The number of carboxylic acids is 1. The van der Waals surface area contributed by atoms with Crippen molar-refractivity contribution in [2.24, 2.45) is 0 Å². The van der Waals surface area contributed by atoms with E-state index in [9.17, 15) is 14.7 Å². The van der Waals surface area contributed by atoms with Crippen LogP contribution in [0.4, 0.5) is 0 Å². The standard InChI is InChI=1S/C19H20N2O3S/c1-5-15(19(23)24)21-12(4)20-17-16(18(21)22)14(9-25-17)13-7-6-10(2)11(3)8-13/h6-9,15H,5H2,1-4H3,(H,23,24). The highest BCUT2D eigenvalue weighted by atomic mass is 32.1.